The molecule has 0 bridgehead atoms. The third kappa shape index (κ3) is 3.41. The van der Waals surface area contributed by atoms with Crippen molar-refractivity contribution < 1.29 is 19.6 Å². The van der Waals surface area contributed by atoms with E-state index in [1.807, 2.05) is 5.48 Å². The van der Waals surface area contributed by atoms with Crippen LogP contribution in [0.2, 0.25) is 0 Å². The van der Waals surface area contributed by atoms with E-state index in [1.54, 1.807) is 11.9 Å². The second-order valence-corrected chi connectivity index (χ2v) is 4.84. The maximum atomic E-state index is 11.8. The summed E-state index contributed by atoms with van der Waals surface area (Å²) in [6, 6.07) is 2.56. The lowest BCUT2D eigenvalue weighted by Gasteiger charge is -2.29. The summed E-state index contributed by atoms with van der Waals surface area (Å²) in [7, 11) is 1.72. The second kappa shape index (κ2) is 6.42. The van der Waals surface area contributed by atoms with Crippen LogP contribution < -0.4 is 10.8 Å². The number of aromatic nitrogens is 1. The molecule has 2 rings (SSSR count). The first kappa shape index (κ1) is 15.1. The minimum atomic E-state index is -0.449. The van der Waals surface area contributed by atoms with Crippen molar-refractivity contribution in [3.8, 4) is 0 Å². The van der Waals surface area contributed by atoms with Crippen LogP contribution >= 0.6 is 0 Å². The van der Waals surface area contributed by atoms with Crippen LogP contribution in [-0.4, -0.2) is 46.3 Å². The summed E-state index contributed by atoms with van der Waals surface area (Å²) in [5.41, 5.74) is 2.74. The predicted octanol–water partition coefficient (Wildman–Crippen LogP) is -0.0678. The summed E-state index contributed by atoms with van der Waals surface area (Å²) in [4.78, 5) is 39.8. The largest absolute Gasteiger partial charge is 0.298 e. The van der Waals surface area contributed by atoms with Crippen molar-refractivity contribution >= 4 is 23.9 Å². The molecule has 0 aromatic carbocycles. The van der Waals surface area contributed by atoms with Crippen molar-refractivity contribution in [2.45, 2.75) is 25.4 Å². The highest BCUT2D eigenvalue weighted by molar-refractivity contribution is 6.00. The van der Waals surface area contributed by atoms with E-state index in [-0.39, 0.29) is 30.6 Å². The number of amides is 2. The Labute approximate surface area is 121 Å². The topological polar surface area (TPSA) is 112 Å². The molecule has 0 radical (unpaired) electrons. The second-order valence-electron chi connectivity index (χ2n) is 4.84. The van der Waals surface area contributed by atoms with Crippen molar-refractivity contribution in [1.82, 2.24) is 15.2 Å². The van der Waals surface area contributed by atoms with Gasteiger partial charge in [0.15, 0.2) is 6.29 Å². The molecule has 8 heteroatoms. The Kier molecular flexibility index (Phi) is 4.61. The molecule has 2 amide bonds. The van der Waals surface area contributed by atoms with E-state index in [1.165, 1.54) is 12.1 Å². The van der Waals surface area contributed by atoms with Crippen LogP contribution in [-0.2, 0) is 16.1 Å². The lowest BCUT2D eigenvalue weighted by atomic mass is 10.0. The molecule has 1 aliphatic rings. The number of hydrogen-bond acceptors (Lipinski definition) is 7. The Balaban J connectivity index is 2.15. The van der Waals surface area contributed by atoms with E-state index in [4.69, 9.17) is 5.21 Å². The fourth-order valence-corrected chi connectivity index (χ4v) is 2.26. The molecule has 2 heterocycles. The van der Waals surface area contributed by atoms with Gasteiger partial charge in [-0.25, -0.2) is 4.98 Å². The summed E-state index contributed by atoms with van der Waals surface area (Å²) in [6.45, 7) is 0.246. The summed E-state index contributed by atoms with van der Waals surface area (Å²) < 4.78 is 0. The number of carbonyl (C=O) groups is 3. The van der Waals surface area contributed by atoms with Crippen molar-refractivity contribution in [2.75, 3.05) is 12.5 Å². The number of nitrogens with one attached hydrogen (secondary N) is 2. The van der Waals surface area contributed by atoms with E-state index in [9.17, 15) is 14.4 Å². The molecule has 0 saturated carbocycles. The lowest BCUT2D eigenvalue weighted by molar-refractivity contribution is -0.137. The number of hydrogen-bond donors (Lipinski definition) is 3. The highest BCUT2D eigenvalue weighted by Gasteiger charge is 2.30. The summed E-state index contributed by atoms with van der Waals surface area (Å²) in [6.07, 6.45) is 1.38. The maximum Gasteiger partial charge on any atom is 0.243 e. The quantitative estimate of drug-likeness (QED) is 0.396. The molecule has 1 aromatic rings. The molecule has 1 atom stereocenters. The first-order valence-corrected chi connectivity index (χ1v) is 6.44. The number of anilines is 1. The fourth-order valence-electron chi connectivity index (χ4n) is 2.26. The van der Waals surface area contributed by atoms with E-state index < -0.39 is 6.04 Å². The van der Waals surface area contributed by atoms with Gasteiger partial charge in [-0.3, -0.25) is 35.3 Å². The standard InChI is InChI=1S/C13H16N4O4/c1-17(10-3-5-12(19)15-13(10)20)6-9-8(7-18)2-4-11(14-9)16-21/h2,4,7,10,21H,3,5-6H2,1H3,(H,14,16)(H,15,19,20). The molecule has 3 N–H and O–H groups in total. The van der Waals surface area contributed by atoms with Gasteiger partial charge in [0.05, 0.1) is 11.7 Å². The Hall–Kier alpha value is -2.32. The minimum Gasteiger partial charge on any atom is -0.298 e. The molecular formula is C13H16N4O4. The van der Waals surface area contributed by atoms with Gasteiger partial charge in [-0.05, 0) is 25.6 Å². The predicted molar refractivity (Wildman–Crippen MR) is 72.7 cm³/mol. The lowest BCUT2D eigenvalue weighted by Crippen LogP contribution is -2.51. The van der Waals surface area contributed by atoms with Crippen LogP contribution in [0.25, 0.3) is 0 Å². The molecule has 1 aromatic heterocycles. The highest BCUT2D eigenvalue weighted by atomic mass is 16.5. The van der Waals surface area contributed by atoms with Gasteiger partial charge in [-0.2, -0.15) is 0 Å². The molecule has 1 saturated heterocycles. The van der Waals surface area contributed by atoms with Gasteiger partial charge < -0.3 is 0 Å². The van der Waals surface area contributed by atoms with Crippen LogP contribution in [0.4, 0.5) is 5.82 Å². The number of likely N-dealkylation sites (N-methyl/N-ethyl adjacent to an activating group) is 1. The zero-order valence-corrected chi connectivity index (χ0v) is 11.5. The zero-order chi connectivity index (χ0) is 15.4. The molecule has 21 heavy (non-hydrogen) atoms. The zero-order valence-electron chi connectivity index (χ0n) is 11.5. The van der Waals surface area contributed by atoms with Crippen LogP contribution in [0.15, 0.2) is 12.1 Å². The first-order valence-electron chi connectivity index (χ1n) is 6.44. The average molecular weight is 292 g/mol. The Bertz CT molecular complexity index is 575. The highest BCUT2D eigenvalue weighted by Crippen LogP contribution is 2.16. The van der Waals surface area contributed by atoms with Crippen molar-refractivity contribution in [2.24, 2.45) is 0 Å². The molecule has 1 unspecified atom stereocenters. The molecule has 112 valence electrons. The Morgan fingerprint density at radius 2 is 2.29 bits per heavy atom. The molecule has 8 nitrogen and oxygen atoms in total. The van der Waals surface area contributed by atoms with Gasteiger partial charge in [0.1, 0.15) is 5.82 Å². The average Bonchev–Trinajstić information content (AvgIpc) is 2.46. The summed E-state index contributed by atoms with van der Waals surface area (Å²) >= 11 is 0. The van der Waals surface area contributed by atoms with E-state index in [0.717, 1.165) is 0 Å². The SMILES string of the molecule is CN(Cc1nc(NO)ccc1C=O)C1CCC(=O)NC1=O. The van der Waals surface area contributed by atoms with Gasteiger partial charge in [0.25, 0.3) is 0 Å². The van der Waals surface area contributed by atoms with Crippen molar-refractivity contribution in [1.29, 1.82) is 0 Å². The number of pyridine rings is 1. The number of aldehydes is 1. The van der Waals surface area contributed by atoms with Gasteiger partial charge in [-0.1, -0.05) is 0 Å². The van der Waals surface area contributed by atoms with Gasteiger partial charge >= 0.3 is 0 Å². The van der Waals surface area contributed by atoms with Gasteiger partial charge in [-0.15, -0.1) is 0 Å². The van der Waals surface area contributed by atoms with Gasteiger partial charge in [0, 0.05) is 18.5 Å². The Morgan fingerprint density at radius 1 is 1.52 bits per heavy atom. The van der Waals surface area contributed by atoms with Crippen LogP contribution in [0.1, 0.15) is 28.9 Å². The molecule has 1 aliphatic heterocycles. The number of carbonyl (C=O) groups excluding carboxylic acids is 3. The summed E-state index contributed by atoms with van der Waals surface area (Å²) in [5, 5.41) is 11.1. The van der Waals surface area contributed by atoms with E-state index in [2.05, 4.69) is 10.3 Å². The normalized spacial score (nSPS) is 18.5. The van der Waals surface area contributed by atoms with E-state index in [0.29, 0.717) is 24.0 Å². The van der Waals surface area contributed by atoms with Crippen LogP contribution in [0, 0.1) is 0 Å². The summed E-state index contributed by atoms with van der Waals surface area (Å²) in [5.74, 6) is -0.409. The monoisotopic (exact) mass is 292 g/mol. The van der Waals surface area contributed by atoms with E-state index >= 15 is 0 Å². The molecular weight excluding hydrogens is 276 g/mol. The fraction of sp³-hybridized carbons (Fsp3) is 0.385. The first-order chi connectivity index (χ1) is 10.0. The van der Waals surface area contributed by atoms with Crippen molar-refractivity contribution in [3.63, 3.8) is 0 Å². The number of rotatable bonds is 5. The number of piperidine rings is 1. The molecule has 0 spiro atoms. The van der Waals surface area contributed by atoms with Crippen molar-refractivity contribution in [3.05, 3.63) is 23.4 Å². The third-order valence-electron chi connectivity index (χ3n) is 3.39. The van der Waals surface area contributed by atoms with Crippen LogP contribution in [0.5, 0.6) is 0 Å². The third-order valence-corrected chi connectivity index (χ3v) is 3.39. The maximum absolute atomic E-state index is 11.8. The van der Waals surface area contributed by atoms with Gasteiger partial charge in [0.2, 0.25) is 11.8 Å². The minimum absolute atomic E-state index is 0.215. The van der Waals surface area contributed by atoms with Crippen LogP contribution in [0.3, 0.4) is 0 Å². The molecule has 0 aliphatic carbocycles. The molecule has 1 fully saturated rings. The number of nitrogens with zero attached hydrogens (tertiary/aromatic N) is 2. The smallest absolute Gasteiger partial charge is 0.243 e. The number of imide groups is 1. The Morgan fingerprint density at radius 3 is 2.90 bits per heavy atom.